The summed E-state index contributed by atoms with van der Waals surface area (Å²) < 4.78 is 11.7. The summed E-state index contributed by atoms with van der Waals surface area (Å²) in [6, 6.07) is 17.1. The number of hydrogen-bond donors (Lipinski definition) is 0. The Morgan fingerprint density at radius 1 is 0.931 bits per heavy atom. The largest absolute Gasteiger partial charge is 0.461 e. The lowest BCUT2D eigenvalue weighted by Crippen LogP contribution is -2.32. The van der Waals surface area contributed by atoms with E-state index >= 15 is 0 Å². The van der Waals surface area contributed by atoms with Gasteiger partial charge < -0.3 is 9.47 Å². The maximum atomic E-state index is 12.9. The number of carbonyl (C=O) groups is 1. The van der Waals surface area contributed by atoms with Gasteiger partial charge in [-0.15, -0.1) is 0 Å². The second-order valence-corrected chi connectivity index (χ2v) is 8.73. The summed E-state index contributed by atoms with van der Waals surface area (Å²) in [5.74, 6) is 1.06. The molecule has 0 spiro atoms. The van der Waals surface area contributed by atoms with Crippen LogP contribution in [0.25, 0.3) is 0 Å². The summed E-state index contributed by atoms with van der Waals surface area (Å²) >= 11 is 11.8. The highest BCUT2D eigenvalue weighted by molar-refractivity contribution is 6.55. The molecule has 156 valence electrons. The molecule has 2 rings (SSSR count). The fourth-order valence-corrected chi connectivity index (χ4v) is 3.60. The lowest BCUT2D eigenvalue weighted by Gasteiger charge is -2.29. The van der Waals surface area contributed by atoms with Crippen molar-refractivity contribution in [2.75, 3.05) is 0 Å². The number of ether oxygens (including phenoxy) is 2. The predicted octanol–water partition coefficient (Wildman–Crippen LogP) is 7.39. The number of halogens is 2. The molecule has 0 aliphatic rings. The van der Waals surface area contributed by atoms with Gasteiger partial charge in [-0.3, -0.25) is 4.79 Å². The molecule has 0 radical (unpaired) electrons. The monoisotopic (exact) mass is 434 g/mol. The van der Waals surface area contributed by atoms with Crippen molar-refractivity contribution in [1.29, 1.82) is 0 Å². The minimum atomic E-state index is -0.328. The van der Waals surface area contributed by atoms with Crippen LogP contribution in [0.5, 0.6) is 11.5 Å². The van der Waals surface area contributed by atoms with Crippen molar-refractivity contribution in [3.8, 4) is 11.5 Å². The number of carbonyl (C=O) groups excluding carboxylic acids is 1. The molecule has 2 aromatic rings. The number of para-hydroxylation sites is 1. The van der Waals surface area contributed by atoms with Gasteiger partial charge in [-0.2, -0.15) is 0 Å². The van der Waals surface area contributed by atoms with E-state index in [4.69, 9.17) is 32.7 Å². The molecule has 0 saturated heterocycles. The van der Waals surface area contributed by atoms with Crippen LogP contribution in [0.2, 0.25) is 0 Å². The normalized spacial score (nSPS) is 13.1. The highest BCUT2D eigenvalue weighted by Gasteiger charge is 2.33. The first-order valence-electron chi connectivity index (χ1n) is 9.79. The summed E-state index contributed by atoms with van der Waals surface area (Å²) in [7, 11) is 0. The second kappa shape index (κ2) is 11.3. The molecule has 29 heavy (non-hydrogen) atoms. The number of esters is 1. The maximum Gasteiger partial charge on any atom is 0.310 e. The van der Waals surface area contributed by atoms with Gasteiger partial charge in [-0.05, 0) is 53.7 Å². The van der Waals surface area contributed by atoms with E-state index in [0.29, 0.717) is 5.75 Å². The Hall–Kier alpha value is -1.97. The van der Waals surface area contributed by atoms with Gasteiger partial charge >= 0.3 is 5.97 Å². The highest BCUT2D eigenvalue weighted by Crippen LogP contribution is 2.32. The minimum absolute atomic E-state index is 0.0894. The SMILES string of the molecule is CC(C)C(C=C(Cl)Cl)C(C(=O)OCc1cccc(Oc2ccccc2)c1)C(C)C. The van der Waals surface area contributed by atoms with Crippen LogP contribution >= 0.6 is 23.2 Å². The average Bonchev–Trinajstić information content (AvgIpc) is 2.66. The van der Waals surface area contributed by atoms with Crippen molar-refractivity contribution < 1.29 is 14.3 Å². The first-order chi connectivity index (χ1) is 13.8. The molecule has 2 aromatic carbocycles. The van der Waals surface area contributed by atoms with Gasteiger partial charge in [-0.25, -0.2) is 0 Å². The van der Waals surface area contributed by atoms with Crippen molar-refractivity contribution in [2.24, 2.45) is 23.7 Å². The van der Waals surface area contributed by atoms with Crippen LogP contribution in [-0.4, -0.2) is 5.97 Å². The molecular weight excluding hydrogens is 407 g/mol. The topological polar surface area (TPSA) is 35.5 Å². The van der Waals surface area contributed by atoms with Crippen LogP contribution in [0.3, 0.4) is 0 Å². The molecule has 0 bridgehead atoms. The molecule has 0 heterocycles. The summed E-state index contributed by atoms with van der Waals surface area (Å²) in [6.07, 6.45) is 1.74. The summed E-state index contributed by atoms with van der Waals surface area (Å²) in [4.78, 5) is 12.9. The van der Waals surface area contributed by atoms with Gasteiger partial charge in [0.05, 0.1) is 5.92 Å². The van der Waals surface area contributed by atoms with E-state index in [0.717, 1.165) is 11.3 Å². The molecule has 2 unspecified atom stereocenters. The minimum Gasteiger partial charge on any atom is -0.461 e. The van der Waals surface area contributed by atoms with Crippen LogP contribution in [0, 0.1) is 23.7 Å². The Kier molecular flexibility index (Phi) is 9.06. The van der Waals surface area contributed by atoms with Crippen LogP contribution < -0.4 is 4.74 Å². The van der Waals surface area contributed by atoms with Crippen molar-refractivity contribution in [3.05, 3.63) is 70.7 Å². The van der Waals surface area contributed by atoms with Gasteiger partial charge in [0.15, 0.2) is 0 Å². The Morgan fingerprint density at radius 2 is 1.59 bits per heavy atom. The third-order valence-corrected chi connectivity index (χ3v) is 5.00. The maximum absolute atomic E-state index is 12.9. The van der Waals surface area contributed by atoms with E-state index in [1.165, 1.54) is 0 Å². The summed E-state index contributed by atoms with van der Waals surface area (Å²) in [5.41, 5.74) is 0.862. The van der Waals surface area contributed by atoms with Crippen molar-refractivity contribution in [2.45, 2.75) is 34.3 Å². The number of hydrogen-bond acceptors (Lipinski definition) is 3. The average molecular weight is 435 g/mol. The van der Waals surface area contributed by atoms with Gasteiger partial charge in [0, 0.05) is 0 Å². The fourth-order valence-electron chi connectivity index (χ4n) is 3.30. The fraction of sp³-hybridized carbons (Fsp3) is 0.375. The molecule has 3 nitrogen and oxygen atoms in total. The molecule has 0 aromatic heterocycles. The van der Waals surface area contributed by atoms with E-state index in [2.05, 4.69) is 0 Å². The molecule has 5 heteroatoms. The predicted molar refractivity (Wildman–Crippen MR) is 119 cm³/mol. The Labute approximate surface area is 183 Å². The van der Waals surface area contributed by atoms with E-state index in [1.54, 1.807) is 6.08 Å². The molecule has 0 fully saturated rings. The van der Waals surface area contributed by atoms with Crippen molar-refractivity contribution in [3.63, 3.8) is 0 Å². The lowest BCUT2D eigenvalue weighted by atomic mass is 9.77. The quantitative estimate of drug-likeness (QED) is 0.385. The van der Waals surface area contributed by atoms with Crippen LogP contribution in [0.15, 0.2) is 65.2 Å². The van der Waals surface area contributed by atoms with Crippen molar-refractivity contribution in [1.82, 2.24) is 0 Å². The van der Waals surface area contributed by atoms with Gasteiger partial charge in [0.1, 0.15) is 22.6 Å². The third-order valence-electron chi connectivity index (χ3n) is 4.75. The molecule has 0 saturated carbocycles. The molecule has 2 atom stereocenters. The van der Waals surface area contributed by atoms with E-state index < -0.39 is 0 Å². The summed E-state index contributed by atoms with van der Waals surface area (Å²) in [6.45, 7) is 8.28. The Balaban J connectivity index is 2.08. The second-order valence-electron chi connectivity index (χ2n) is 7.72. The Morgan fingerprint density at radius 3 is 2.17 bits per heavy atom. The van der Waals surface area contributed by atoms with Gasteiger partial charge in [-0.1, -0.05) is 81.2 Å². The first-order valence-corrected chi connectivity index (χ1v) is 10.5. The highest BCUT2D eigenvalue weighted by atomic mass is 35.5. The number of allylic oxidation sites excluding steroid dienone is 1. The van der Waals surface area contributed by atoms with E-state index in [1.807, 2.05) is 82.3 Å². The standard InChI is InChI=1S/C24H28Cl2O3/c1-16(2)21(14-22(25)26)23(17(3)4)24(27)28-15-18-9-8-12-20(13-18)29-19-10-6-5-7-11-19/h5-14,16-17,21,23H,15H2,1-4H3. The summed E-state index contributed by atoms with van der Waals surface area (Å²) in [5, 5.41) is 0. The zero-order valence-electron chi connectivity index (χ0n) is 17.3. The van der Waals surface area contributed by atoms with Crippen LogP contribution in [0.1, 0.15) is 33.3 Å². The van der Waals surface area contributed by atoms with Crippen LogP contribution in [-0.2, 0) is 16.1 Å². The number of benzene rings is 2. The van der Waals surface area contributed by atoms with Crippen LogP contribution in [0.4, 0.5) is 0 Å². The van der Waals surface area contributed by atoms with Crippen molar-refractivity contribution >= 4 is 29.2 Å². The third kappa shape index (κ3) is 7.41. The zero-order valence-corrected chi connectivity index (χ0v) is 18.8. The zero-order chi connectivity index (χ0) is 21.4. The Bertz CT molecular complexity index is 812. The van der Waals surface area contributed by atoms with E-state index in [-0.39, 0.29) is 40.7 Å². The molecule has 0 aliphatic heterocycles. The number of rotatable bonds is 9. The molecule has 0 aliphatic carbocycles. The molecular formula is C24H28Cl2O3. The van der Waals surface area contributed by atoms with Gasteiger partial charge in [0.2, 0.25) is 0 Å². The van der Waals surface area contributed by atoms with Gasteiger partial charge in [0.25, 0.3) is 0 Å². The smallest absolute Gasteiger partial charge is 0.310 e. The lowest BCUT2D eigenvalue weighted by molar-refractivity contribution is -0.153. The molecule has 0 N–H and O–H groups in total. The molecule has 0 amide bonds. The first kappa shape index (κ1) is 23.3. The van der Waals surface area contributed by atoms with E-state index in [9.17, 15) is 4.79 Å².